The fraction of sp³-hybridized carbons (Fsp3) is 0.385. The second kappa shape index (κ2) is 4.49. The van der Waals surface area contributed by atoms with Crippen LogP contribution in [-0.4, -0.2) is 29.6 Å². The molecule has 18 heavy (non-hydrogen) atoms. The van der Waals surface area contributed by atoms with Crippen LogP contribution in [0, 0.1) is 11.7 Å². The number of anilines is 1. The average Bonchev–Trinajstić information content (AvgIpc) is 2.86. The highest BCUT2D eigenvalue weighted by molar-refractivity contribution is 5.89. The number of hydrogen-bond acceptors (Lipinski definition) is 4. The third-order valence-corrected chi connectivity index (χ3v) is 3.50. The predicted molar refractivity (Wildman–Crippen MR) is 68.9 cm³/mol. The Bertz CT molecular complexity index is 572. The summed E-state index contributed by atoms with van der Waals surface area (Å²) in [5.41, 5.74) is 6.47. The molecule has 0 saturated carbocycles. The van der Waals surface area contributed by atoms with Crippen molar-refractivity contribution in [1.29, 1.82) is 0 Å². The molecule has 1 aromatic heterocycles. The number of nitrogens with two attached hydrogens (primary N) is 1. The zero-order chi connectivity index (χ0) is 12.5. The Morgan fingerprint density at radius 1 is 1.39 bits per heavy atom. The number of benzene rings is 1. The van der Waals surface area contributed by atoms with Crippen molar-refractivity contribution < 1.29 is 4.39 Å². The summed E-state index contributed by atoms with van der Waals surface area (Å²) in [6.45, 7) is 2.50. The summed E-state index contributed by atoms with van der Waals surface area (Å²) in [4.78, 5) is 10.6. The van der Waals surface area contributed by atoms with Gasteiger partial charge < -0.3 is 10.6 Å². The highest BCUT2D eigenvalue weighted by atomic mass is 19.1. The molecule has 0 bridgehead atoms. The van der Waals surface area contributed by atoms with Crippen LogP contribution in [0.15, 0.2) is 24.5 Å². The molecule has 0 spiro atoms. The average molecular weight is 246 g/mol. The van der Waals surface area contributed by atoms with E-state index in [4.69, 9.17) is 5.73 Å². The van der Waals surface area contributed by atoms with E-state index in [0.717, 1.165) is 36.2 Å². The third kappa shape index (κ3) is 1.90. The van der Waals surface area contributed by atoms with Gasteiger partial charge in [-0.25, -0.2) is 14.4 Å². The Labute approximate surface area is 105 Å². The first-order chi connectivity index (χ1) is 8.78. The van der Waals surface area contributed by atoms with Crippen LogP contribution in [0.3, 0.4) is 0 Å². The van der Waals surface area contributed by atoms with Gasteiger partial charge >= 0.3 is 0 Å². The molecular formula is C13H15FN4. The molecule has 0 amide bonds. The van der Waals surface area contributed by atoms with Crippen LogP contribution < -0.4 is 10.6 Å². The molecule has 2 aromatic rings. The maximum atomic E-state index is 13.4. The van der Waals surface area contributed by atoms with Crippen molar-refractivity contribution in [2.45, 2.75) is 6.42 Å². The Morgan fingerprint density at radius 3 is 3.06 bits per heavy atom. The number of halogens is 1. The lowest BCUT2D eigenvalue weighted by molar-refractivity contribution is 0.602. The van der Waals surface area contributed by atoms with Gasteiger partial charge in [0.15, 0.2) is 0 Å². The van der Waals surface area contributed by atoms with Gasteiger partial charge in [0.25, 0.3) is 0 Å². The van der Waals surface area contributed by atoms with E-state index in [2.05, 4.69) is 14.9 Å². The van der Waals surface area contributed by atoms with Gasteiger partial charge in [0.1, 0.15) is 18.0 Å². The van der Waals surface area contributed by atoms with Gasteiger partial charge in [0.2, 0.25) is 0 Å². The molecular weight excluding hydrogens is 231 g/mol. The molecule has 1 fully saturated rings. The number of nitrogens with zero attached hydrogens (tertiary/aromatic N) is 3. The van der Waals surface area contributed by atoms with E-state index >= 15 is 0 Å². The zero-order valence-electron chi connectivity index (χ0n) is 10.0. The Balaban J connectivity index is 2.04. The minimum absolute atomic E-state index is 0.256. The summed E-state index contributed by atoms with van der Waals surface area (Å²) >= 11 is 0. The van der Waals surface area contributed by atoms with E-state index in [0.29, 0.717) is 12.5 Å². The molecule has 4 nitrogen and oxygen atoms in total. The molecule has 1 aliphatic rings. The predicted octanol–water partition coefficient (Wildman–Crippen LogP) is 1.55. The van der Waals surface area contributed by atoms with Gasteiger partial charge in [0, 0.05) is 18.5 Å². The fourth-order valence-corrected chi connectivity index (χ4v) is 2.48. The van der Waals surface area contributed by atoms with Crippen molar-refractivity contribution in [2.24, 2.45) is 11.7 Å². The van der Waals surface area contributed by atoms with Crippen molar-refractivity contribution in [3.05, 3.63) is 30.3 Å². The Kier molecular flexibility index (Phi) is 2.83. The molecule has 3 rings (SSSR count). The van der Waals surface area contributed by atoms with E-state index in [1.54, 1.807) is 6.07 Å². The quantitative estimate of drug-likeness (QED) is 0.873. The standard InChI is InChI=1S/C13H15FN4/c14-10-1-2-12-11(5-10)13(17-8-16-12)18-4-3-9(6-15)7-18/h1-2,5,8-9H,3-4,6-7,15H2. The summed E-state index contributed by atoms with van der Waals surface area (Å²) < 4.78 is 13.4. The van der Waals surface area contributed by atoms with E-state index < -0.39 is 0 Å². The molecule has 0 radical (unpaired) electrons. The van der Waals surface area contributed by atoms with Crippen LogP contribution in [-0.2, 0) is 0 Å². The van der Waals surface area contributed by atoms with E-state index in [9.17, 15) is 4.39 Å². The highest BCUT2D eigenvalue weighted by Gasteiger charge is 2.23. The second-order valence-corrected chi connectivity index (χ2v) is 4.70. The molecule has 94 valence electrons. The third-order valence-electron chi connectivity index (χ3n) is 3.50. The lowest BCUT2D eigenvalue weighted by atomic mass is 10.1. The first kappa shape index (κ1) is 11.3. The lowest BCUT2D eigenvalue weighted by Crippen LogP contribution is -2.23. The van der Waals surface area contributed by atoms with Crippen LogP contribution in [0.2, 0.25) is 0 Å². The van der Waals surface area contributed by atoms with Crippen LogP contribution in [0.25, 0.3) is 10.9 Å². The Hall–Kier alpha value is -1.75. The smallest absolute Gasteiger partial charge is 0.139 e. The SMILES string of the molecule is NCC1CCN(c2ncnc3ccc(F)cc23)C1. The molecule has 2 heterocycles. The monoisotopic (exact) mass is 246 g/mol. The molecule has 5 heteroatoms. The first-order valence-corrected chi connectivity index (χ1v) is 6.13. The maximum absolute atomic E-state index is 13.4. The van der Waals surface area contributed by atoms with E-state index in [-0.39, 0.29) is 5.82 Å². The van der Waals surface area contributed by atoms with Gasteiger partial charge in [-0.05, 0) is 37.1 Å². The lowest BCUT2D eigenvalue weighted by Gasteiger charge is -2.18. The minimum atomic E-state index is -0.256. The molecule has 1 aliphatic heterocycles. The van der Waals surface area contributed by atoms with Gasteiger partial charge in [-0.1, -0.05) is 0 Å². The summed E-state index contributed by atoms with van der Waals surface area (Å²) in [7, 11) is 0. The van der Waals surface area contributed by atoms with Crippen LogP contribution in [0.4, 0.5) is 10.2 Å². The summed E-state index contributed by atoms with van der Waals surface area (Å²) in [6.07, 6.45) is 2.60. The van der Waals surface area contributed by atoms with Crippen molar-refractivity contribution in [2.75, 3.05) is 24.5 Å². The van der Waals surface area contributed by atoms with Gasteiger partial charge in [-0.3, -0.25) is 0 Å². The first-order valence-electron chi connectivity index (χ1n) is 6.13. The molecule has 1 saturated heterocycles. The minimum Gasteiger partial charge on any atom is -0.356 e. The molecule has 0 aliphatic carbocycles. The largest absolute Gasteiger partial charge is 0.356 e. The molecule has 1 unspecified atom stereocenters. The van der Waals surface area contributed by atoms with Crippen molar-refractivity contribution in [3.63, 3.8) is 0 Å². The molecule has 2 N–H and O–H groups in total. The second-order valence-electron chi connectivity index (χ2n) is 4.70. The number of hydrogen-bond donors (Lipinski definition) is 1. The van der Waals surface area contributed by atoms with E-state index in [1.165, 1.54) is 18.5 Å². The maximum Gasteiger partial charge on any atom is 0.139 e. The van der Waals surface area contributed by atoms with Crippen LogP contribution in [0.1, 0.15) is 6.42 Å². The van der Waals surface area contributed by atoms with Gasteiger partial charge in [-0.2, -0.15) is 0 Å². The number of rotatable bonds is 2. The number of fused-ring (bicyclic) bond motifs is 1. The van der Waals surface area contributed by atoms with Crippen molar-refractivity contribution in [1.82, 2.24) is 9.97 Å². The zero-order valence-corrected chi connectivity index (χ0v) is 10.0. The topological polar surface area (TPSA) is 55.0 Å². The van der Waals surface area contributed by atoms with E-state index in [1.807, 2.05) is 0 Å². The molecule has 1 atom stereocenters. The summed E-state index contributed by atoms with van der Waals surface area (Å²) in [5.74, 6) is 1.06. The summed E-state index contributed by atoms with van der Waals surface area (Å²) in [5, 5.41) is 0.773. The molecule has 1 aromatic carbocycles. The van der Waals surface area contributed by atoms with Crippen LogP contribution in [0.5, 0.6) is 0 Å². The fourth-order valence-electron chi connectivity index (χ4n) is 2.48. The Morgan fingerprint density at radius 2 is 2.28 bits per heavy atom. The van der Waals surface area contributed by atoms with Gasteiger partial charge in [0.05, 0.1) is 5.52 Å². The van der Waals surface area contributed by atoms with Crippen LogP contribution >= 0.6 is 0 Å². The highest BCUT2D eigenvalue weighted by Crippen LogP contribution is 2.28. The normalized spacial score (nSPS) is 19.7. The van der Waals surface area contributed by atoms with Gasteiger partial charge in [-0.15, -0.1) is 0 Å². The van der Waals surface area contributed by atoms with Crippen molar-refractivity contribution in [3.8, 4) is 0 Å². The summed E-state index contributed by atoms with van der Waals surface area (Å²) in [6, 6.07) is 4.61. The number of aromatic nitrogens is 2. The van der Waals surface area contributed by atoms with Crippen molar-refractivity contribution >= 4 is 16.7 Å².